The van der Waals surface area contributed by atoms with E-state index in [1.165, 1.54) is 12.1 Å². The molecule has 2 rings (SSSR count). The molecule has 18 heavy (non-hydrogen) atoms. The van der Waals surface area contributed by atoms with Gasteiger partial charge in [-0.05, 0) is 24.6 Å². The van der Waals surface area contributed by atoms with Crippen molar-refractivity contribution in [3.05, 3.63) is 47.3 Å². The average Bonchev–Trinajstić information content (AvgIpc) is 2.72. The van der Waals surface area contributed by atoms with E-state index in [9.17, 15) is 13.2 Å². The van der Waals surface area contributed by atoms with Crippen LogP contribution in [0.1, 0.15) is 16.8 Å². The topological polar surface area (TPSA) is 40.7 Å². The number of rotatable bonds is 3. The van der Waals surface area contributed by atoms with Crippen LogP contribution in [0.5, 0.6) is 0 Å². The molecular weight excluding hydrogens is 243 g/mol. The Bertz CT molecular complexity index is 514. The summed E-state index contributed by atoms with van der Waals surface area (Å²) >= 11 is 0. The second kappa shape index (κ2) is 4.72. The molecule has 1 heterocycles. The minimum Gasteiger partial charge on any atom is -0.352 e. The van der Waals surface area contributed by atoms with E-state index in [2.05, 4.69) is 15.3 Å². The van der Waals surface area contributed by atoms with Crippen LogP contribution >= 0.6 is 0 Å². The zero-order valence-corrected chi connectivity index (χ0v) is 9.67. The number of H-pyrrole nitrogens is 1. The molecule has 0 saturated heterocycles. The molecule has 0 fully saturated rings. The maximum atomic E-state index is 12.3. The Morgan fingerprint density at radius 2 is 1.89 bits per heavy atom. The standard InChI is InChI=1S/C12H12F3N3/c1-8-6-16-11(18-8)17-7-9-2-4-10(5-3-9)12(13,14)15/h2-6H,7H2,1H3,(H2,16,17,18). The first-order chi connectivity index (χ1) is 8.45. The van der Waals surface area contributed by atoms with Crippen LogP contribution in [0.25, 0.3) is 0 Å². The summed E-state index contributed by atoms with van der Waals surface area (Å²) in [5.41, 5.74) is 1.04. The molecule has 1 aromatic heterocycles. The van der Waals surface area contributed by atoms with Gasteiger partial charge in [-0.2, -0.15) is 13.2 Å². The third kappa shape index (κ3) is 3.03. The van der Waals surface area contributed by atoms with E-state index in [0.717, 1.165) is 23.4 Å². The molecule has 0 aliphatic carbocycles. The summed E-state index contributed by atoms with van der Waals surface area (Å²) < 4.78 is 37.0. The lowest BCUT2D eigenvalue weighted by atomic mass is 10.1. The van der Waals surface area contributed by atoms with Gasteiger partial charge in [0, 0.05) is 18.4 Å². The Hall–Kier alpha value is -1.98. The van der Waals surface area contributed by atoms with E-state index in [4.69, 9.17) is 0 Å². The number of aromatic amines is 1. The number of imidazole rings is 1. The highest BCUT2D eigenvalue weighted by molar-refractivity contribution is 5.30. The van der Waals surface area contributed by atoms with Crippen molar-refractivity contribution >= 4 is 5.95 Å². The van der Waals surface area contributed by atoms with Gasteiger partial charge in [-0.25, -0.2) is 4.98 Å². The van der Waals surface area contributed by atoms with E-state index < -0.39 is 11.7 Å². The SMILES string of the molecule is Cc1cnc(NCc2ccc(C(F)(F)F)cc2)[nH]1. The monoisotopic (exact) mass is 255 g/mol. The summed E-state index contributed by atoms with van der Waals surface area (Å²) in [6.45, 7) is 2.29. The highest BCUT2D eigenvalue weighted by Crippen LogP contribution is 2.29. The van der Waals surface area contributed by atoms with Crippen molar-refractivity contribution in [2.24, 2.45) is 0 Å². The maximum absolute atomic E-state index is 12.3. The van der Waals surface area contributed by atoms with Gasteiger partial charge in [-0.15, -0.1) is 0 Å². The Morgan fingerprint density at radius 3 is 2.39 bits per heavy atom. The minimum atomic E-state index is -4.29. The second-order valence-corrected chi connectivity index (χ2v) is 3.96. The molecular formula is C12H12F3N3. The molecule has 2 aromatic rings. The highest BCUT2D eigenvalue weighted by atomic mass is 19.4. The van der Waals surface area contributed by atoms with Crippen molar-refractivity contribution in [3.8, 4) is 0 Å². The van der Waals surface area contributed by atoms with Crippen LogP contribution in [0.4, 0.5) is 19.1 Å². The highest BCUT2D eigenvalue weighted by Gasteiger charge is 2.29. The van der Waals surface area contributed by atoms with Gasteiger partial charge in [0.1, 0.15) is 0 Å². The van der Waals surface area contributed by atoms with Gasteiger partial charge in [0.25, 0.3) is 0 Å². The number of halogens is 3. The van der Waals surface area contributed by atoms with Gasteiger partial charge in [-0.3, -0.25) is 0 Å². The molecule has 96 valence electrons. The van der Waals surface area contributed by atoms with Gasteiger partial charge in [0.2, 0.25) is 5.95 Å². The Balaban J connectivity index is 1.98. The van der Waals surface area contributed by atoms with Crippen LogP contribution in [-0.4, -0.2) is 9.97 Å². The van der Waals surface area contributed by atoms with Gasteiger partial charge in [-0.1, -0.05) is 12.1 Å². The smallest absolute Gasteiger partial charge is 0.352 e. The molecule has 3 nitrogen and oxygen atoms in total. The predicted molar refractivity (Wildman–Crippen MR) is 62.1 cm³/mol. The zero-order chi connectivity index (χ0) is 13.2. The fourth-order valence-corrected chi connectivity index (χ4v) is 1.50. The molecule has 0 amide bonds. The van der Waals surface area contributed by atoms with E-state index in [1.807, 2.05) is 6.92 Å². The van der Waals surface area contributed by atoms with Crippen LogP contribution < -0.4 is 5.32 Å². The molecule has 0 aliphatic rings. The molecule has 6 heteroatoms. The third-order valence-electron chi connectivity index (χ3n) is 2.44. The number of nitrogens with zero attached hydrogens (tertiary/aromatic N) is 1. The second-order valence-electron chi connectivity index (χ2n) is 3.96. The number of benzene rings is 1. The van der Waals surface area contributed by atoms with Crippen molar-refractivity contribution in [1.82, 2.24) is 9.97 Å². The Labute approximate surface area is 102 Å². The van der Waals surface area contributed by atoms with Crippen LogP contribution in [0.15, 0.2) is 30.5 Å². The third-order valence-corrected chi connectivity index (χ3v) is 2.44. The molecule has 0 unspecified atom stereocenters. The summed E-state index contributed by atoms with van der Waals surface area (Å²) in [7, 11) is 0. The van der Waals surface area contributed by atoms with Crippen LogP contribution in [-0.2, 0) is 12.7 Å². The van der Waals surface area contributed by atoms with Crippen LogP contribution in [0.3, 0.4) is 0 Å². The summed E-state index contributed by atoms with van der Waals surface area (Å²) in [6, 6.07) is 5.05. The number of aryl methyl sites for hydroxylation is 1. The van der Waals surface area contributed by atoms with Gasteiger partial charge in [0.15, 0.2) is 0 Å². The summed E-state index contributed by atoms with van der Waals surface area (Å²) in [5.74, 6) is 0.604. The molecule has 0 spiro atoms. The van der Waals surface area contributed by atoms with E-state index in [0.29, 0.717) is 12.5 Å². The Morgan fingerprint density at radius 1 is 1.22 bits per heavy atom. The van der Waals surface area contributed by atoms with Crippen LogP contribution in [0.2, 0.25) is 0 Å². The summed E-state index contributed by atoms with van der Waals surface area (Å²) in [4.78, 5) is 7.02. The average molecular weight is 255 g/mol. The number of anilines is 1. The van der Waals surface area contributed by atoms with Gasteiger partial charge >= 0.3 is 6.18 Å². The van der Waals surface area contributed by atoms with Crippen molar-refractivity contribution in [1.29, 1.82) is 0 Å². The van der Waals surface area contributed by atoms with E-state index in [1.54, 1.807) is 6.20 Å². The molecule has 0 bridgehead atoms. The minimum absolute atomic E-state index is 0.422. The maximum Gasteiger partial charge on any atom is 0.416 e. The van der Waals surface area contributed by atoms with Gasteiger partial charge < -0.3 is 10.3 Å². The quantitative estimate of drug-likeness (QED) is 0.883. The van der Waals surface area contributed by atoms with Crippen molar-refractivity contribution in [2.75, 3.05) is 5.32 Å². The van der Waals surface area contributed by atoms with Crippen molar-refractivity contribution < 1.29 is 13.2 Å². The number of nitrogens with one attached hydrogen (secondary N) is 2. The van der Waals surface area contributed by atoms with E-state index >= 15 is 0 Å². The molecule has 2 N–H and O–H groups in total. The van der Waals surface area contributed by atoms with Crippen molar-refractivity contribution in [2.45, 2.75) is 19.6 Å². The molecule has 0 radical (unpaired) electrons. The van der Waals surface area contributed by atoms with Gasteiger partial charge in [0.05, 0.1) is 5.56 Å². The number of hydrogen-bond acceptors (Lipinski definition) is 2. The molecule has 1 aromatic carbocycles. The van der Waals surface area contributed by atoms with Crippen LogP contribution in [0, 0.1) is 6.92 Å². The first kappa shape index (κ1) is 12.5. The number of hydrogen-bond donors (Lipinski definition) is 2. The molecule has 0 atom stereocenters. The first-order valence-corrected chi connectivity index (χ1v) is 5.37. The largest absolute Gasteiger partial charge is 0.416 e. The fraction of sp³-hybridized carbons (Fsp3) is 0.250. The predicted octanol–water partition coefficient (Wildman–Crippen LogP) is 3.35. The molecule has 0 saturated carbocycles. The first-order valence-electron chi connectivity index (χ1n) is 5.37. The summed E-state index contributed by atoms with van der Waals surface area (Å²) in [5, 5.41) is 2.99. The van der Waals surface area contributed by atoms with Crippen molar-refractivity contribution in [3.63, 3.8) is 0 Å². The lowest BCUT2D eigenvalue weighted by Gasteiger charge is -2.08. The Kier molecular flexibility index (Phi) is 3.27. The zero-order valence-electron chi connectivity index (χ0n) is 9.67. The lowest BCUT2D eigenvalue weighted by Crippen LogP contribution is -2.06. The summed E-state index contributed by atoms with van der Waals surface area (Å²) in [6.07, 6.45) is -2.61. The number of alkyl halides is 3. The molecule has 0 aliphatic heterocycles. The van der Waals surface area contributed by atoms with E-state index in [-0.39, 0.29) is 0 Å². The fourth-order valence-electron chi connectivity index (χ4n) is 1.50. The lowest BCUT2D eigenvalue weighted by molar-refractivity contribution is -0.137. The normalized spacial score (nSPS) is 11.6. The number of aromatic nitrogens is 2.